The van der Waals surface area contributed by atoms with E-state index in [9.17, 15) is 4.79 Å². The zero-order chi connectivity index (χ0) is 21.2. The number of carbonyl (C=O) groups is 1. The van der Waals surface area contributed by atoms with E-state index in [1.165, 1.54) is 17.4 Å². The first-order chi connectivity index (χ1) is 15.1. The standard InChI is InChI=1S/C24H25N3O4/c1-16-2-4-17(5-3-16)11-27(12-18-6-9-21-22(10-18)31-15-30-21)13-23-26-20(14-29-23)24(28)25-19-7-8-19/h2-6,9-10,14,19H,7-8,11-13,15H2,1H3,(H,25,28). The lowest BCUT2D eigenvalue weighted by Gasteiger charge is -2.21. The Morgan fingerprint density at radius 1 is 1.03 bits per heavy atom. The molecule has 0 spiro atoms. The van der Waals surface area contributed by atoms with Crippen molar-refractivity contribution in [1.82, 2.24) is 15.2 Å². The highest BCUT2D eigenvalue weighted by atomic mass is 16.7. The van der Waals surface area contributed by atoms with Gasteiger partial charge in [-0.1, -0.05) is 35.9 Å². The molecule has 1 aromatic heterocycles. The van der Waals surface area contributed by atoms with Gasteiger partial charge in [-0.2, -0.15) is 0 Å². The summed E-state index contributed by atoms with van der Waals surface area (Å²) in [7, 11) is 0. The van der Waals surface area contributed by atoms with Crippen LogP contribution in [0.25, 0.3) is 0 Å². The molecule has 0 radical (unpaired) electrons. The molecular weight excluding hydrogens is 394 g/mol. The van der Waals surface area contributed by atoms with Gasteiger partial charge in [0.1, 0.15) is 6.26 Å². The first-order valence-corrected chi connectivity index (χ1v) is 10.5. The Balaban J connectivity index is 1.32. The van der Waals surface area contributed by atoms with Crippen LogP contribution in [0.4, 0.5) is 0 Å². The summed E-state index contributed by atoms with van der Waals surface area (Å²) in [4.78, 5) is 18.9. The van der Waals surface area contributed by atoms with E-state index in [2.05, 4.69) is 46.4 Å². The largest absolute Gasteiger partial charge is 0.454 e. The fraction of sp³-hybridized carbons (Fsp3) is 0.333. The average molecular weight is 419 g/mol. The van der Waals surface area contributed by atoms with E-state index in [-0.39, 0.29) is 18.7 Å². The smallest absolute Gasteiger partial charge is 0.273 e. The van der Waals surface area contributed by atoms with Crippen molar-refractivity contribution in [1.29, 1.82) is 0 Å². The van der Waals surface area contributed by atoms with Crippen LogP contribution in [-0.2, 0) is 19.6 Å². The minimum absolute atomic E-state index is 0.168. The summed E-state index contributed by atoms with van der Waals surface area (Å²) in [5, 5.41) is 2.94. The van der Waals surface area contributed by atoms with Gasteiger partial charge in [-0.05, 0) is 43.0 Å². The summed E-state index contributed by atoms with van der Waals surface area (Å²) in [5.41, 5.74) is 3.87. The van der Waals surface area contributed by atoms with Crippen LogP contribution < -0.4 is 14.8 Å². The normalized spacial score (nSPS) is 14.8. The van der Waals surface area contributed by atoms with Crippen LogP contribution in [0.5, 0.6) is 11.5 Å². The van der Waals surface area contributed by atoms with Gasteiger partial charge in [0.15, 0.2) is 17.2 Å². The SMILES string of the molecule is Cc1ccc(CN(Cc2ccc3c(c2)OCO3)Cc2nc(C(=O)NC3CC3)co2)cc1. The predicted octanol–water partition coefficient (Wildman–Crippen LogP) is 3.81. The third kappa shape index (κ3) is 4.88. The van der Waals surface area contributed by atoms with E-state index in [1.54, 1.807) is 0 Å². The predicted molar refractivity (Wildman–Crippen MR) is 114 cm³/mol. The van der Waals surface area contributed by atoms with Crippen LogP contribution in [0.2, 0.25) is 0 Å². The van der Waals surface area contributed by atoms with Crippen molar-refractivity contribution >= 4 is 5.91 Å². The van der Waals surface area contributed by atoms with E-state index >= 15 is 0 Å². The second kappa shape index (κ2) is 8.43. The van der Waals surface area contributed by atoms with Crippen LogP contribution in [0, 0.1) is 6.92 Å². The number of hydrogen-bond acceptors (Lipinski definition) is 6. The molecule has 5 rings (SSSR count). The molecule has 2 heterocycles. The maximum absolute atomic E-state index is 12.2. The zero-order valence-corrected chi connectivity index (χ0v) is 17.5. The minimum atomic E-state index is -0.168. The summed E-state index contributed by atoms with van der Waals surface area (Å²) >= 11 is 0. The Labute approximate surface area is 181 Å². The molecule has 2 aromatic carbocycles. The quantitative estimate of drug-likeness (QED) is 0.598. The molecule has 2 aliphatic rings. The molecule has 1 N–H and O–H groups in total. The van der Waals surface area contributed by atoms with Crippen LogP contribution in [0.3, 0.4) is 0 Å². The van der Waals surface area contributed by atoms with Gasteiger partial charge in [-0.15, -0.1) is 0 Å². The third-order valence-electron chi connectivity index (χ3n) is 5.43. The van der Waals surface area contributed by atoms with E-state index in [4.69, 9.17) is 13.9 Å². The van der Waals surface area contributed by atoms with Gasteiger partial charge in [0.05, 0.1) is 6.54 Å². The number of fused-ring (bicyclic) bond motifs is 1. The number of nitrogens with one attached hydrogen (secondary N) is 1. The molecule has 1 saturated carbocycles. The average Bonchev–Trinajstić information content (AvgIpc) is 3.24. The maximum atomic E-state index is 12.2. The molecule has 0 saturated heterocycles. The van der Waals surface area contributed by atoms with Gasteiger partial charge < -0.3 is 19.2 Å². The highest BCUT2D eigenvalue weighted by Gasteiger charge is 2.25. The molecule has 1 aliphatic carbocycles. The first-order valence-electron chi connectivity index (χ1n) is 10.5. The van der Waals surface area contributed by atoms with Crippen molar-refractivity contribution in [2.75, 3.05) is 6.79 Å². The summed E-state index contributed by atoms with van der Waals surface area (Å²) in [6.45, 7) is 4.22. The van der Waals surface area contributed by atoms with Crippen molar-refractivity contribution in [2.24, 2.45) is 0 Å². The number of nitrogens with zero attached hydrogens (tertiary/aromatic N) is 2. The number of benzene rings is 2. The van der Waals surface area contributed by atoms with E-state index < -0.39 is 0 Å². The molecule has 31 heavy (non-hydrogen) atoms. The van der Waals surface area contributed by atoms with Crippen molar-refractivity contribution < 1.29 is 18.7 Å². The van der Waals surface area contributed by atoms with Crippen molar-refractivity contribution in [3.8, 4) is 11.5 Å². The molecule has 7 nitrogen and oxygen atoms in total. The van der Waals surface area contributed by atoms with E-state index in [1.807, 2.05) is 18.2 Å². The zero-order valence-electron chi connectivity index (χ0n) is 17.5. The lowest BCUT2D eigenvalue weighted by atomic mass is 10.1. The number of oxazole rings is 1. The van der Waals surface area contributed by atoms with Crippen LogP contribution in [0.15, 0.2) is 53.1 Å². The number of amides is 1. The molecule has 1 aliphatic heterocycles. The number of hydrogen-bond donors (Lipinski definition) is 1. The van der Waals surface area contributed by atoms with Gasteiger partial charge in [-0.3, -0.25) is 9.69 Å². The summed E-state index contributed by atoms with van der Waals surface area (Å²) in [6, 6.07) is 14.8. The molecule has 0 atom stereocenters. The highest BCUT2D eigenvalue weighted by Crippen LogP contribution is 2.33. The molecule has 160 valence electrons. The Hall–Kier alpha value is -3.32. The molecule has 0 unspecified atom stereocenters. The first kappa shape index (κ1) is 19.6. The second-order valence-electron chi connectivity index (χ2n) is 8.19. The Morgan fingerprint density at radius 3 is 2.58 bits per heavy atom. The number of rotatable bonds is 8. The molecule has 1 fully saturated rings. The maximum Gasteiger partial charge on any atom is 0.273 e. The fourth-order valence-electron chi connectivity index (χ4n) is 3.58. The molecule has 7 heteroatoms. The van der Waals surface area contributed by atoms with Crippen molar-refractivity contribution in [2.45, 2.75) is 45.4 Å². The lowest BCUT2D eigenvalue weighted by molar-refractivity contribution is 0.0946. The van der Waals surface area contributed by atoms with Gasteiger partial charge in [0, 0.05) is 19.1 Å². The minimum Gasteiger partial charge on any atom is -0.454 e. The van der Waals surface area contributed by atoms with Gasteiger partial charge in [0.25, 0.3) is 5.91 Å². The number of aryl methyl sites for hydroxylation is 1. The van der Waals surface area contributed by atoms with Gasteiger partial charge in [0.2, 0.25) is 12.7 Å². The van der Waals surface area contributed by atoms with Gasteiger partial charge >= 0.3 is 0 Å². The van der Waals surface area contributed by atoms with E-state index in [0.29, 0.717) is 24.7 Å². The topological polar surface area (TPSA) is 76.8 Å². The van der Waals surface area contributed by atoms with Gasteiger partial charge in [-0.25, -0.2) is 4.98 Å². The molecule has 0 bridgehead atoms. The van der Waals surface area contributed by atoms with E-state index in [0.717, 1.165) is 36.4 Å². The Morgan fingerprint density at radius 2 is 1.77 bits per heavy atom. The Kier molecular flexibility index (Phi) is 5.34. The summed E-state index contributed by atoms with van der Waals surface area (Å²) < 4.78 is 16.6. The lowest BCUT2D eigenvalue weighted by Crippen LogP contribution is -2.26. The number of aromatic nitrogens is 1. The monoisotopic (exact) mass is 419 g/mol. The van der Waals surface area contributed by atoms with Crippen LogP contribution in [0.1, 0.15) is 45.9 Å². The van der Waals surface area contributed by atoms with Crippen LogP contribution >= 0.6 is 0 Å². The molecule has 3 aromatic rings. The Bertz CT molecular complexity index is 1070. The second-order valence-corrected chi connectivity index (χ2v) is 8.19. The molecular formula is C24H25N3O4. The molecule has 1 amide bonds. The fourth-order valence-corrected chi connectivity index (χ4v) is 3.58. The third-order valence-corrected chi connectivity index (χ3v) is 5.43. The van der Waals surface area contributed by atoms with Crippen molar-refractivity contribution in [3.63, 3.8) is 0 Å². The highest BCUT2D eigenvalue weighted by molar-refractivity contribution is 5.92. The summed E-state index contributed by atoms with van der Waals surface area (Å²) in [5.74, 6) is 1.89. The number of ether oxygens (including phenoxy) is 2. The summed E-state index contributed by atoms with van der Waals surface area (Å²) in [6.07, 6.45) is 3.52. The van der Waals surface area contributed by atoms with Crippen molar-refractivity contribution in [3.05, 3.63) is 77.0 Å². The van der Waals surface area contributed by atoms with Crippen LogP contribution in [-0.4, -0.2) is 28.6 Å². The number of carbonyl (C=O) groups excluding carboxylic acids is 1.